The van der Waals surface area contributed by atoms with Crippen molar-refractivity contribution in [2.75, 3.05) is 7.11 Å². The standard InChI is InChI=1S/C20H14N2O3S/c1-24-15-9-3-4-10-16(15)25-20(23)13-7-6-12-21-18(13)19-22-14-8-2-5-11-17(14)26-19/h2-12H,1H3. The molecule has 2 aromatic heterocycles. The van der Waals surface area contributed by atoms with Crippen LogP contribution in [-0.2, 0) is 0 Å². The smallest absolute Gasteiger partial charge is 0.345 e. The lowest BCUT2D eigenvalue weighted by Gasteiger charge is -2.10. The third-order valence-electron chi connectivity index (χ3n) is 3.80. The SMILES string of the molecule is COc1ccccc1OC(=O)c1cccnc1-c1nc2ccccc2s1. The van der Waals surface area contributed by atoms with Gasteiger partial charge in [0.15, 0.2) is 11.5 Å². The summed E-state index contributed by atoms with van der Waals surface area (Å²) in [6.45, 7) is 0. The van der Waals surface area contributed by atoms with Crippen LogP contribution in [0.1, 0.15) is 10.4 Å². The van der Waals surface area contributed by atoms with Gasteiger partial charge >= 0.3 is 5.97 Å². The lowest BCUT2D eigenvalue weighted by molar-refractivity contribution is 0.0730. The van der Waals surface area contributed by atoms with E-state index < -0.39 is 5.97 Å². The van der Waals surface area contributed by atoms with Crippen LogP contribution in [-0.4, -0.2) is 23.0 Å². The fourth-order valence-corrected chi connectivity index (χ4v) is 3.55. The number of pyridine rings is 1. The Morgan fingerprint density at radius 2 is 1.73 bits per heavy atom. The number of fused-ring (bicyclic) bond motifs is 1. The molecule has 2 heterocycles. The Labute approximate surface area is 153 Å². The first-order chi connectivity index (χ1) is 12.8. The summed E-state index contributed by atoms with van der Waals surface area (Å²) in [6.07, 6.45) is 1.64. The molecule has 2 aromatic carbocycles. The third kappa shape index (κ3) is 3.02. The highest BCUT2D eigenvalue weighted by molar-refractivity contribution is 7.21. The largest absolute Gasteiger partial charge is 0.493 e. The summed E-state index contributed by atoms with van der Waals surface area (Å²) in [5, 5.41) is 0.679. The molecular formula is C20H14N2O3S. The van der Waals surface area contributed by atoms with Crippen molar-refractivity contribution in [1.29, 1.82) is 0 Å². The number of hydrogen-bond acceptors (Lipinski definition) is 6. The molecule has 0 radical (unpaired) electrons. The van der Waals surface area contributed by atoms with E-state index in [4.69, 9.17) is 9.47 Å². The zero-order valence-electron chi connectivity index (χ0n) is 13.9. The Balaban J connectivity index is 1.72. The number of carbonyl (C=O) groups excluding carboxylic acids is 1. The normalized spacial score (nSPS) is 10.7. The molecule has 0 bridgehead atoms. The molecule has 4 aromatic rings. The van der Waals surface area contributed by atoms with Crippen molar-refractivity contribution < 1.29 is 14.3 Å². The first-order valence-electron chi connectivity index (χ1n) is 7.92. The predicted molar refractivity (Wildman–Crippen MR) is 101 cm³/mol. The Kier molecular flexibility index (Phi) is 4.33. The molecule has 0 aliphatic carbocycles. The van der Waals surface area contributed by atoms with Gasteiger partial charge in [0.25, 0.3) is 0 Å². The van der Waals surface area contributed by atoms with E-state index in [0.29, 0.717) is 27.8 Å². The van der Waals surface area contributed by atoms with Gasteiger partial charge in [0.1, 0.15) is 10.7 Å². The minimum atomic E-state index is -0.503. The van der Waals surface area contributed by atoms with Gasteiger partial charge in [0.05, 0.1) is 22.9 Å². The number of carbonyl (C=O) groups is 1. The zero-order chi connectivity index (χ0) is 17.9. The maximum absolute atomic E-state index is 12.8. The molecule has 0 spiro atoms. The van der Waals surface area contributed by atoms with Crippen LogP contribution < -0.4 is 9.47 Å². The molecule has 0 unspecified atom stereocenters. The van der Waals surface area contributed by atoms with Gasteiger partial charge in [-0.3, -0.25) is 4.98 Å². The quantitative estimate of drug-likeness (QED) is 0.393. The zero-order valence-corrected chi connectivity index (χ0v) is 14.7. The fourth-order valence-electron chi connectivity index (χ4n) is 2.57. The van der Waals surface area contributed by atoms with E-state index in [-0.39, 0.29) is 0 Å². The Morgan fingerprint density at radius 1 is 0.962 bits per heavy atom. The number of ether oxygens (including phenoxy) is 2. The summed E-state index contributed by atoms with van der Waals surface area (Å²) in [7, 11) is 1.53. The average molecular weight is 362 g/mol. The molecule has 6 heteroatoms. The molecular weight excluding hydrogens is 348 g/mol. The number of methoxy groups -OCH3 is 1. The summed E-state index contributed by atoms with van der Waals surface area (Å²) < 4.78 is 11.8. The number of para-hydroxylation sites is 3. The van der Waals surface area contributed by atoms with Crippen LogP contribution in [0.15, 0.2) is 66.9 Å². The van der Waals surface area contributed by atoms with E-state index >= 15 is 0 Å². The maximum Gasteiger partial charge on any atom is 0.345 e. The van der Waals surface area contributed by atoms with Crippen molar-refractivity contribution in [2.45, 2.75) is 0 Å². The lowest BCUT2D eigenvalue weighted by atomic mass is 10.2. The van der Waals surface area contributed by atoms with E-state index in [0.717, 1.165) is 10.2 Å². The number of benzene rings is 2. The van der Waals surface area contributed by atoms with Gasteiger partial charge in [-0.1, -0.05) is 24.3 Å². The van der Waals surface area contributed by atoms with Gasteiger partial charge in [-0.15, -0.1) is 11.3 Å². The Morgan fingerprint density at radius 3 is 2.54 bits per heavy atom. The highest BCUT2D eigenvalue weighted by Crippen LogP contribution is 2.32. The minimum absolute atomic E-state index is 0.359. The first kappa shape index (κ1) is 16.2. The number of esters is 1. The molecule has 5 nitrogen and oxygen atoms in total. The Bertz CT molecular complexity index is 1060. The summed E-state index contributed by atoms with van der Waals surface area (Å²) in [6, 6.07) is 18.2. The molecule has 128 valence electrons. The van der Waals surface area contributed by atoms with Crippen LogP contribution in [0.5, 0.6) is 11.5 Å². The van der Waals surface area contributed by atoms with Crippen molar-refractivity contribution in [3.05, 3.63) is 72.4 Å². The van der Waals surface area contributed by atoms with E-state index in [9.17, 15) is 4.79 Å². The molecule has 0 atom stereocenters. The van der Waals surface area contributed by atoms with Crippen molar-refractivity contribution in [3.8, 4) is 22.2 Å². The third-order valence-corrected chi connectivity index (χ3v) is 4.84. The second-order valence-electron chi connectivity index (χ2n) is 5.43. The van der Waals surface area contributed by atoms with Crippen molar-refractivity contribution >= 4 is 27.5 Å². The molecule has 0 saturated heterocycles. The van der Waals surface area contributed by atoms with Crippen molar-refractivity contribution in [3.63, 3.8) is 0 Å². The number of rotatable bonds is 4. The van der Waals surface area contributed by atoms with E-state index in [1.54, 1.807) is 36.5 Å². The second kappa shape index (κ2) is 6.93. The molecule has 0 fully saturated rings. The molecule has 0 aliphatic rings. The van der Waals surface area contributed by atoms with E-state index in [1.165, 1.54) is 18.4 Å². The first-order valence-corrected chi connectivity index (χ1v) is 8.74. The maximum atomic E-state index is 12.8. The van der Waals surface area contributed by atoms with E-state index in [1.807, 2.05) is 30.3 Å². The molecule has 26 heavy (non-hydrogen) atoms. The summed E-state index contributed by atoms with van der Waals surface area (Å²) in [4.78, 5) is 21.7. The van der Waals surface area contributed by atoms with Gasteiger partial charge in [0, 0.05) is 6.20 Å². The molecule has 0 N–H and O–H groups in total. The lowest BCUT2D eigenvalue weighted by Crippen LogP contribution is -2.11. The number of nitrogens with zero attached hydrogens (tertiary/aromatic N) is 2. The van der Waals surface area contributed by atoms with Crippen LogP contribution in [0.2, 0.25) is 0 Å². The number of hydrogen-bond donors (Lipinski definition) is 0. The summed E-state index contributed by atoms with van der Waals surface area (Å²) in [5.74, 6) is 0.349. The monoisotopic (exact) mass is 362 g/mol. The van der Waals surface area contributed by atoms with Crippen molar-refractivity contribution in [1.82, 2.24) is 9.97 Å². The topological polar surface area (TPSA) is 61.3 Å². The molecule has 0 aliphatic heterocycles. The highest BCUT2D eigenvalue weighted by Gasteiger charge is 2.20. The fraction of sp³-hybridized carbons (Fsp3) is 0.0500. The molecule has 0 saturated carbocycles. The second-order valence-corrected chi connectivity index (χ2v) is 6.46. The van der Waals surface area contributed by atoms with Gasteiger partial charge in [-0.25, -0.2) is 9.78 Å². The summed E-state index contributed by atoms with van der Waals surface area (Å²) >= 11 is 1.49. The van der Waals surface area contributed by atoms with Crippen molar-refractivity contribution in [2.24, 2.45) is 0 Å². The van der Waals surface area contributed by atoms with Gasteiger partial charge in [-0.05, 0) is 36.4 Å². The van der Waals surface area contributed by atoms with Gasteiger partial charge in [-0.2, -0.15) is 0 Å². The van der Waals surface area contributed by atoms with Crippen LogP contribution in [0, 0.1) is 0 Å². The molecule has 0 amide bonds. The Hall–Kier alpha value is -3.25. The predicted octanol–water partition coefficient (Wildman–Crippen LogP) is 4.59. The van der Waals surface area contributed by atoms with Crippen LogP contribution >= 0.6 is 11.3 Å². The van der Waals surface area contributed by atoms with Gasteiger partial charge in [0.2, 0.25) is 0 Å². The van der Waals surface area contributed by atoms with Crippen LogP contribution in [0.25, 0.3) is 20.9 Å². The van der Waals surface area contributed by atoms with Crippen LogP contribution in [0.3, 0.4) is 0 Å². The number of aromatic nitrogens is 2. The van der Waals surface area contributed by atoms with E-state index in [2.05, 4.69) is 9.97 Å². The average Bonchev–Trinajstić information content (AvgIpc) is 3.12. The molecule has 4 rings (SSSR count). The highest BCUT2D eigenvalue weighted by atomic mass is 32.1. The number of thiazole rings is 1. The minimum Gasteiger partial charge on any atom is -0.493 e. The summed E-state index contributed by atoms with van der Waals surface area (Å²) in [5.41, 5.74) is 1.74. The van der Waals surface area contributed by atoms with Gasteiger partial charge < -0.3 is 9.47 Å². The van der Waals surface area contributed by atoms with Crippen LogP contribution in [0.4, 0.5) is 0 Å².